The van der Waals surface area contributed by atoms with E-state index < -0.39 is 0 Å². The number of ether oxygens (including phenoxy) is 1. The maximum Gasteiger partial charge on any atom is 0.264 e. The Labute approximate surface area is 145 Å². The number of amides is 2. The van der Waals surface area contributed by atoms with Crippen molar-refractivity contribution in [2.24, 2.45) is 5.92 Å². The van der Waals surface area contributed by atoms with Crippen LogP contribution < -0.4 is 19.9 Å². The Morgan fingerprint density at radius 1 is 1.38 bits per heavy atom. The third-order valence-electron chi connectivity index (χ3n) is 5.49. The zero-order chi connectivity index (χ0) is 16.8. The van der Waals surface area contributed by atoms with Gasteiger partial charge in [-0.25, -0.2) is 0 Å². The van der Waals surface area contributed by atoms with Crippen molar-refractivity contribution in [3.8, 4) is 5.75 Å². The minimum absolute atomic E-state index is 0.0601. The molecule has 7 heteroatoms. The summed E-state index contributed by atoms with van der Waals surface area (Å²) < 4.78 is 5.55. The van der Waals surface area contributed by atoms with Crippen LogP contribution in [-0.4, -0.2) is 51.1 Å². The van der Waals surface area contributed by atoms with Crippen molar-refractivity contribution in [1.29, 1.82) is 0 Å². The number of benzene rings is 1. The maximum atomic E-state index is 12.8. The Kier molecular flexibility index (Phi) is 3.89. The number of piperidine rings is 3. The SMILES string of the molecule is CN1C(=O)COc2c(C(=O)N[C@H]3C[NH+]4CCC3CC4)cc(Cl)cc21. The fourth-order valence-electron chi connectivity index (χ4n) is 4.06. The van der Waals surface area contributed by atoms with E-state index in [-0.39, 0.29) is 24.5 Å². The van der Waals surface area contributed by atoms with Gasteiger partial charge in [-0.15, -0.1) is 0 Å². The van der Waals surface area contributed by atoms with Gasteiger partial charge in [-0.3, -0.25) is 9.59 Å². The molecule has 1 aromatic carbocycles. The van der Waals surface area contributed by atoms with Crippen molar-refractivity contribution in [3.63, 3.8) is 0 Å². The average Bonchev–Trinajstić information content (AvgIpc) is 2.59. The molecule has 4 heterocycles. The molecule has 0 aromatic heterocycles. The third-order valence-corrected chi connectivity index (χ3v) is 5.70. The van der Waals surface area contributed by atoms with E-state index in [1.807, 2.05) is 0 Å². The summed E-state index contributed by atoms with van der Waals surface area (Å²) in [4.78, 5) is 27.7. The molecule has 4 aliphatic rings. The molecule has 0 aliphatic carbocycles. The Bertz CT molecular complexity index is 701. The average molecular weight is 351 g/mol. The zero-order valence-corrected chi connectivity index (χ0v) is 14.4. The second-order valence-electron chi connectivity index (χ2n) is 6.91. The number of likely N-dealkylation sites (N-methyl/N-ethyl adjacent to an activating group) is 1. The van der Waals surface area contributed by atoms with E-state index in [0.717, 1.165) is 6.54 Å². The Morgan fingerprint density at radius 3 is 2.79 bits per heavy atom. The quantitative estimate of drug-likeness (QED) is 0.795. The second-order valence-corrected chi connectivity index (χ2v) is 7.35. The molecule has 5 rings (SSSR count). The van der Waals surface area contributed by atoms with Gasteiger partial charge in [0, 0.05) is 24.9 Å². The molecule has 0 spiro atoms. The van der Waals surface area contributed by atoms with Crippen LogP contribution >= 0.6 is 11.6 Å². The minimum atomic E-state index is -0.172. The highest BCUT2D eigenvalue weighted by Gasteiger charge is 2.39. The first-order valence-corrected chi connectivity index (χ1v) is 8.78. The summed E-state index contributed by atoms with van der Waals surface area (Å²) in [6.45, 7) is 3.34. The van der Waals surface area contributed by atoms with Crippen molar-refractivity contribution in [3.05, 3.63) is 22.7 Å². The van der Waals surface area contributed by atoms with Crippen LogP contribution in [0.25, 0.3) is 0 Å². The second kappa shape index (κ2) is 5.93. The van der Waals surface area contributed by atoms with Gasteiger partial charge in [0.05, 0.1) is 36.9 Å². The summed E-state index contributed by atoms with van der Waals surface area (Å²) in [5.74, 6) is 0.672. The number of fused-ring (bicyclic) bond motifs is 4. The molecule has 0 saturated carbocycles. The van der Waals surface area contributed by atoms with Crippen molar-refractivity contribution in [2.75, 3.05) is 38.2 Å². The molecular formula is C17H21ClN3O3+. The number of carbonyl (C=O) groups is 2. The van der Waals surface area contributed by atoms with Crippen molar-refractivity contribution in [1.82, 2.24) is 5.32 Å². The highest BCUT2D eigenvalue weighted by molar-refractivity contribution is 6.31. The molecule has 1 aromatic rings. The molecule has 2 amide bonds. The van der Waals surface area contributed by atoms with E-state index in [2.05, 4.69) is 5.32 Å². The lowest BCUT2D eigenvalue weighted by Crippen LogP contribution is -3.17. The first-order valence-electron chi connectivity index (χ1n) is 8.40. The molecule has 6 nitrogen and oxygen atoms in total. The third kappa shape index (κ3) is 2.63. The fourth-order valence-corrected chi connectivity index (χ4v) is 4.27. The summed E-state index contributed by atoms with van der Waals surface area (Å²) >= 11 is 6.17. The van der Waals surface area contributed by atoms with E-state index in [0.29, 0.717) is 27.9 Å². The largest absolute Gasteiger partial charge is 0.481 e. The molecule has 1 atom stereocenters. The zero-order valence-electron chi connectivity index (χ0n) is 13.6. The molecular weight excluding hydrogens is 330 g/mol. The molecule has 2 N–H and O–H groups in total. The number of halogens is 1. The molecule has 0 radical (unpaired) electrons. The summed E-state index contributed by atoms with van der Waals surface area (Å²) in [5, 5.41) is 3.59. The van der Waals surface area contributed by atoms with E-state index in [1.165, 1.54) is 30.8 Å². The Balaban J connectivity index is 1.61. The summed E-state index contributed by atoms with van der Waals surface area (Å²) in [7, 11) is 1.67. The number of hydrogen-bond acceptors (Lipinski definition) is 3. The van der Waals surface area contributed by atoms with Gasteiger partial charge in [-0.05, 0) is 18.1 Å². The standard InChI is InChI=1S/C17H20ClN3O3/c1-20-14-7-11(18)6-12(16(14)24-9-15(20)22)17(23)19-13-8-21-4-2-10(13)3-5-21/h6-7,10,13H,2-5,8-9H2,1H3,(H,19,23)/p+1/t13-/m0/s1. The van der Waals surface area contributed by atoms with E-state index in [9.17, 15) is 9.59 Å². The monoisotopic (exact) mass is 350 g/mol. The van der Waals surface area contributed by atoms with Crippen LogP contribution in [-0.2, 0) is 4.79 Å². The van der Waals surface area contributed by atoms with E-state index in [1.54, 1.807) is 24.1 Å². The van der Waals surface area contributed by atoms with Gasteiger partial charge in [0.1, 0.15) is 0 Å². The maximum absolute atomic E-state index is 12.8. The van der Waals surface area contributed by atoms with Crippen LogP contribution in [0.5, 0.6) is 5.75 Å². The molecule has 4 aliphatic heterocycles. The van der Waals surface area contributed by atoms with Crippen molar-refractivity contribution in [2.45, 2.75) is 18.9 Å². The van der Waals surface area contributed by atoms with Crippen LogP contribution in [0, 0.1) is 5.92 Å². The summed E-state index contributed by atoms with van der Waals surface area (Å²) in [5.41, 5.74) is 0.951. The lowest BCUT2D eigenvalue weighted by Gasteiger charge is -2.42. The normalized spacial score (nSPS) is 28.3. The Morgan fingerprint density at radius 2 is 2.12 bits per heavy atom. The highest BCUT2D eigenvalue weighted by Crippen LogP contribution is 2.37. The minimum Gasteiger partial charge on any atom is -0.481 e. The molecule has 24 heavy (non-hydrogen) atoms. The predicted molar refractivity (Wildman–Crippen MR) is 89.9 cm³/mol. The molecule has 3 fully saturated rings. The number of quaternary nitrogens is 1. The van der Waals surface area contributed by atoms with Crippen molar-refractivity contribution < 1.29 is 19.2 Å². The van der Waals surface area contributed by atoms with Gasteiger partial charge in [-0.1, -0.05) is 11.6 Å². The van der Waals surface area contributed by atoms with Gasteiger partial charge in [0.2, 0.25) is 0 Å². The number of anilines is 1. The first kappa shape index (κ1) is 15.7. The smallest absolute Gasteiger partial charge is 0.264 e. The van der Waals surface area contributed by atoms with Gasteiger partial charge < -0.3 is 19.9 Å². The molecule has 0 unspecified atom stereocenters. The van der Waals surface area contributed by atoms with Crippen LogP contribution in [0.4, 0.5) is 5.69 Å². The van der Waals surface area contributed by atoms with Crippen LogP contribution in [0.3, 0.4) is 0 Å². The van der Waals surface area contributed by atoms with E-state index in [4.69, 9.17) is 16.3 Å². The predicted octanol–water partition coefficient (Wildman–Crippen LogP) is 0.102. The lowest BCUT2D eigenvalue weighted by molar-refractivity contribution is -0.917. The topological polar surface area (TPSA) is 63.1 Å². The molecule has 2 bridgehead atoms. The molecule has 3 saturated heterocycles. The number of rotatable bonds is 2. The molecule has 128 valence electrons. The van der Waals surface area contributed by atoms with Crippen LogP contribution in [0.1, 0.15) is 23.2 Å². The van der Waals surface area contributed by atoms with Crippen LogP contribution in [0.2, 0.25) is 5.02 Å². The summed E-state index contributed by atoms with van der Waals surface area (Å²) in [6.07, 6.45) is 2.34. The van der Waals surface area contributed by atoms with Gasteiger partial charge in [0.25, 0.3) is 11.8 Å². The van der Waals surface area contributed by atoms with Crippen LogP contribution in [0.15, 0.2) is 12.1 Å². The van der Waals surface area contributed by atoms with E-state index >= 15 is 0 Å². The number of carbonyl (C=O) groups excluding carboxylic acids is 2. The van der Waals surface area contributed by atoms with Gasteiger partial charge >= 0.3 is 0 Å². The van der Waals surface area contributed by atoms with Crippen molar-refractivity contribution >= 4 is 29.1 Å². The van der Waals surface area contributed by atoms with Gasteiger partial charge in [0.15, 0.2) is 12.4 Å². The van der Waals surface area contributed by atoms with Gasteiger partial charge in [-0.2, -0.15) is 0 Å². The number of nitrogens with one attached hydrogen (secondary N) is 2. The first-order chi connectivity index (χ1) is 11.5. The number of hydrogen-bond donors (Lipinski definition) is 2. The lowest BCUT2D eigenvalue weighted by atomic mass is 9.84. The fraction of sp³-hybridized carbons (Fsp3) is 0.529. The summed E-state index contributed by atoms with van der Waals surface area (Å²) in [6, 6.07) is 3.48. The Hall–Kier alpha value is -1.79. The highest BCUT2D eigenvalue weighted by atomic mass is 35.5. The number of nitrogens with zero attached hydrogens (tertiary/aromatic N) is 1.